The van der Waals surface area contributed by atoms with E-state index in [9.17, 15) is 0 Å². The van der Waals surface area contributed by atoms with Crippen LogP contribution in [-0.4, -0.2) is 8.68 Å². The first-order valence-electron chi connectivity index (χ1n) is 16.3. The molecule has 49 heavy (non-hydrogen) atoms. The first kappa shape index (κ1) is 30.9. The molecule has 6 heteroatoms. The van der Waals surface area contributed by atoms with Gasteiger partial charge in [0.2, 0.25) is 14.6 Å². The molecule has 8 aromatic rings. The fourth-order valence-corrected chi connectivity index (χ4v) is 13.1. The summed E-state index contributed by atoms with van der Waals surface area (Å²) >= 11 is 0. The Labute approximate surface area is 285 Å². The molecule has 0 aliphatic carbocycles. The molecule has 0 spiro atoms. The molecule has 0 fully saturated rings. The van der Waals surface area contributed by atoms with Gasteiger partial charge >= 0.3 is 0 Å². The minimum atomic E-state index is -3.66. The fraction of sp³-hybridized carbons (Fsp3) is 0.0233. The molecule has 8 rings (SSSR count). The SMILES string of the molecule is C=C/C=C(\C=C/C)P(=O)(c1ccccc1)n1c2ccccc2c2ccc3c4ccccc4n(P(=O)(c4ccccc4)c4ccccc4)c3c21. The van der Waals surface area contributed by atoms with E-state index in [1.165, 1.54) is 0 Å². The van der Waals surface area contributed by atoms with Crippen molar-refractivity contribution in [2.75, 3.05) is 0 Å². The molecular formula is C43H34N2O2P2. The number of benzene rings is 6. The van der Waals surface area contributed by atoms with E-state index in [0.29, 0.717) is 10.6 Å². The molecule has 0 aliphatic heterocycles. The van der Waals surface area contributed by atoms with E-state index < -0.39 is 14.6 Å². The standard InChI is InChI=1S/C43H34N2O2P2/c1-3-18-32(19-4-2)48(46,33-20-8-5-9-21-33)44-40-28-16-14-26-36(40)38-30-31-39-37-27-15-17-29-41(37)45(43(39)42(38)44)49(47,34-22-10-6-11-23-34)35-24-12-7-13-25-35/h3-31H,1H2,2H3/b19-4-,32-18+. The number of nitrogens with zero attached hydrogens (tertiary/aromatic N) is 2. The summed E-state index contributed by atoms with van der Waals surface area (Å²) in [6, 6.07) is 49.7. The van der Waals surface area contributed by atoms with Crippen molar-refractivity contribution in [1.82, 2.24) is 8.68 Å². The average Bonchev–Trinajstić information content (AvgIpc) is 3.69. The van der Waals surface area contributed by atoms with Crippen LogP contribution in [0.5, 0.6) is 0 Å². The average molecular weight is 673 g/mol. The van der Waals surface area contributed by atoms with Crippen LogP contribution in [0.15, 0.2) is 188 Å². The van der Waals surface area contributed by atoms with Gasteiger partial charge in [0.15, 0.2) is 0 Å². The highest BCUT2D eigenvalue weighted by Gasteiger charge is 2.38. The summed E-state index contributed by atoms with van der Waals surface area (Å²) in [4.78, 5) is 0. The molecule has 0 bridgehead atoms. The summed E-state index contributed by atoms with van der Waals surface area (Å²) < 4.78 is 36.9. The van der Waals surface area contributed by atoms with Crippen molar-refractivity contribution in [1.29, 1.82) is 0 Å². The van der Waals surface area contributed by atoms with Crippen LogP contribution in [0, 0.1) is 0 Å². The van der Waals surface area contributed by atoms with Crippen LogP contribution < -0.4 is 15.9 Å². The van der Waals surface area contributed by atoms with Crippen molar-refractivity contribution in [3.63, 3.8) is 0 Å². The van der Waals surface area contributed by atoms with Crippen LogP contribution in [0.25, 0.3) is 43.6 Å². The first-order chi connectivity index (χ1) is 24.0. The second-order valence-corrected chi connectivity index (χ2v) is 17.2. The van der Waals surface area contributed by atoms with Crippen LogP contribution in [0.2, 0.25) is 0 Å². The smallest absolute Gasteiger partial charge is 0.234 e. The minimum absolute atomic E-state index is 0.646. The molecule has 0 N–H and O–H groups in total. The Morgan fingerprint density at radius 2 is 0.959 bits per heavy atom. The number of rotatable bonds is 8. The van der Waals surface area contributed by atoms with Gasteiger partial charge in [-0.1, -0.05) is 128 Å². The van der Waals surface area contributed by atoms with Crippen molar-refractivity contribution < 1.29 is 9.13 Å². The largest absolute Gasteiger partial charge is 0.290 e. The first-order valence-corrected chi connectivity index (χ1v) is 19.7. The van der Waals surface area contributed by atoms with Crippen LogP contribution in [0.3, 0.4) is 0 Å². The van der Waals surface area contributed by atoms with Gasteiger partial charge in [0.05, 0.1) is 22.1 Å². The second-order valence-electron chi connectivity index (χ2n) is 12.0. The second kappa shape index (κ2) is 12.2. The number of aromatic nitrogens is 2. The molecule has 2 aromatic heterocycles. The Kier molecular flexibility index (Phi) is 7.72. The van der Waals surface area contributed by atoms with Crippen molar-refractivity contribution in [2.24, 2.45) is 0 Å². The maximum atomic E-state index is 16.5. The maximum absolute atomic E-state index is 16.5. The van der Waals surface area contributed by atoms with Crippen LogP contribution in [0.1, 0.15) is 6.92 Å². The van der Waals surface area contributed by atoms with Gasteiger partial charge in [0.1, 0.15) is 0 Å². The highest BCUT2D eigenvalue weighted by Crippen LogP contribution is 2.61. The zero-order valence-electron chi connectivity index (χ0n) is 27.1. The molecule has 0 saturated carbocycles. The zero-order chi connectivity index (χ0) is 33.6. The Hall–Kier alpha value is -5.40. The van der Waals surface area contributed by atoms with E-state index in [1.807, 2.05) is 157 Å². The van der Waals surface area contributed by atoms with Crippen molar-refractivity contribution in [3.8, 4) is 0 Å². The molecule has 6 aromatic carbocycles. The number of hydrogen-bond acceptors (Lipinski definition) is 2. The Morgan fingerprint density at radius 3 is 1.45 bits per heavy atom. The number of fused-ring (bicyclic) bond motifs is 7. The quantitative estimate of drug-likeness (QED) is 0.119. The van der Waals surface area contributed by atoms with Crippen LogP contribution in [-0.2, 0) is 9.13 Å². The lowest BCUT2D eigenvalue weighted by Crippen LogP contribution is -2.21. The number of hydrogen-bond donors (Lipinski definition) is 0. The molecule has 0 aliphatic rings. The lowest BCUT2D eigenvalue weighted by molar-refractivity contribution is 0.581. The topological polar surface area (TPSA) is 44.0 Å². The summed E-state index contributed by atoms with van der Waals surface area (Å²) in [5, 5.41) is 6.61. The maximum Gasteiger partial charge on any atom is 0.234 e. The summed E-state index contributed by atoms with van der Waals surface area (Å²) in [5.41, 5.74) is 3.24. The highest BCUT2D eigenvalue weighted by atomic mass is 31.2. The molecule has 238 valence electrons. The third kappa shape index (κ3) is 4.60. The molecule has 0 saturated heterocycles. The molecule has 2 heterocycles. The highest BCUT2D eigenvalue weighted by molar-refractivity contribution is 7.77. The minimum Gasteiger partial charge on any atom is -0.290 e. The summed E-state index contributed by atoms with van der Waals surface area (Å²) in [5.74, 6) is 0. The molecule has 1 unspecified atom stereocenters. The van der Waals surface area contributed by atoms with Gasteiger partial charge in [-0.25, -0.2) is 0 Å². The number of allylic oxidation sites excluding steroid dienone is 5. The predicted octanol–water partition coefficient (Wildman–Crippen LogP) is 10.8. The van der Waals surface area contributed by atoms with Gasteiger partial charge in [-0.2, -0.15) is 0 Å². The monoisotopic (exact) mass is 672 g/mol. The van der Waals surface area contributed by atoms with E-state index in [1.54, 1.807) is 6.08 Å². The van der Waals surface area contributed by atoms with E-state index in [2.05, 4.69) is 35.2 Å². The Balaban J connectivity index is 1.68. The molecule has 0 radical (unpaired) electrons. The predicted molar refractivity (Wildman–Crippen MR) is 210 cm³/mol. The molecule has 0 amide bonds. The van der Waals surface area contributed by atoms with Crippen LogP contribution >= 0.6 is 14.6 Å². The lowest BCUT2D eigenvalue weighted by atomic mass is 10.1. The van der Waals surface area contributed by atoms with Gasteiger partial charge < -0.3 is 0 Å². The number of para-hydroxylation sites is 2. The fourth-order valence-electron chi connectivity index (χ4n) is 7.24. The summed E-state index contributed by atoms with van der Waals surface area (Å²) in [6.07, 6.45) is 7.39. The normalized spacial score (nSPS) is 13.9. The van der Waals surface area contributed by atoms with Gasteiger partial charge in [0, 0.05) is 42.8 Å². The summed E-state index contributed by atoms with van der Waals surface area (Å²) in [7, 11) is -7.25. The van der Waals surface area contributed by atoms with E-state index >= 15 is 9.13 Å². The van der Waals surface area contributed by atoms with Gasteiger partial charge in [0.25, 0.3) is 0 Å². The van der Waals surface area contributed by atoms with Crippen LogP contribution in [0.4, 0.5) is 0 Å². The van der Waals surface area contributed by atoms with Gasteiger partial charge in [-0.05, 0) is 61.5 Å². The third-order valence-electron chi connectivity index (χ3n) is 9.28. The Morgan fingerprint density at radius 1 is 0.531 bits per heavy atom. The van der Waals surface area contributed by atoms with Crippen molar-refractivity contribution in [2.45, 2.75) is 6.92 Å². The van der Waals surface area contributed by atoms with E-state index in [0.717, 1.165) is 54.2 Å². The molecule has 4 nitrogen and oxygen atoms in total. The third-order valence-corrected chi connectivity index (χ3v) is 15.2. The van der Waals surface area contributed by atoms with E-state index in [4.69, 9.17) is 0 Å². The molecular weight excluding hydrogens is 638 g/mol. The lowest BCUT2D eigenvalue weighted by Gasteiger charge is -2.26. The van der Waals surface area contributed by atoms with Gasteiger partial charge in [-0.3, -0.25) is 17.8 Å². The zero-order valence-corrected chi connectivity index (χ0v) is 28.8. The van der Waals surface area contributed by atoms with Crippen molar-refractivity contribution in [3.05, 3.63) is 188 Å². The summed E-state index contributed by atoms with van der Waals surface area (Å²) in [6.45, 7) is 5.94. The van der Waals surface area contributed by atoms with Crippen molar-refractivity contribution >= 4 is 74.1 Å². The van der Waals surface area contributed by atoms with E-state index in [-0.39, 0.29) is 0 Å². The van der Waals surface area contributed by atoms with Gasteiger partial charge in [-0.15, -0.1) is 0 Å². The Bertz CT molecular complexity index is 2640. The molecule has 1 atom stereocenters.